The van der Waals surface area contributed by atoms with Gasteiger partial charge in [0.25, 0.3) is 0 Å². The summed E-state index contributed by atoms with van der Waals surface area (Å²) in [5.74, 6) is 0. The van der Waals surface area contributed by atoms with Crippen LogP contribution < -0.4 is 21.5 Å². The van der Waals surface area contributed by atoms with E-state index in [1.54, 1.807) is 0 Å². The molecule has 1 aromatic rings. The molecule has 0 unspecified atom stereocenters. The molecule has 1 aliphatic rings. The first kappa shape index (κ1) is 12.4. The number of rotatable bonds is 1. The molecule has 0 amide bonds. The molecule has 2 rings (SSSR count). The maximum absolute atomic E-state index is 2.38. The van der Waals surface area contributed by atoms with Crippen LogP contribution in [0.15, 0.2) is 24.5 Å². The maximum Gasteiger partial charge on any atom is 0.182 e. The van der Waals surface area contributed by atoms with Crippen LogP contribution in [0.2, 0.25) is 0 Å². The van der Waals surface area contributed by atoms with Gasteiger partial charge >= 0.3 is 0 Å². The first-order valence-electron chi connectivity index (χ1n) is 5.45. The molecule has 0 saturated carbocycles. The molecule has 0 bridgehead atoms. The van der Waals surface area contributed by atoms with Crippen LogP contribution in [0.5, 0.6) is 0 Å². The minimum absolute atomic E-state index is 0. The number of halogens is 1. The fourth-order valence-electron chi connectivity index (χ4n) is 2.13. The quantitative estimate of drug-likeness (QED) is 0.632. The second-order valence-electron chi connectivity index (χ2n) is 4.24. The summed E-state index contributed by atoms with van der Waals surface area (Å²) in [6.45, 7) is 4.32. The fourth-order valence-corrected chi connectivity index (χ4v) is 2.13. The molecule has 0 aromatic carbocycles. The molecule has 1 nitrogen and oxygen atoms in total. The summed E-state index contributed by atoms with van der Waals surface area (Å²) in [6.07, 6.45) is 12.0. The summed E-state index contributed by atoms with van der Waals surface area (Å²) < 4.78 is 2.30. The van der Waals surface area contributed by atoms with Gasteiger partial charge in [-0.15, -0.1) is 0 Å². The average molecular weight is 268 g/mol. The summed E-state index contributed by atoms with van der Waals surface area (Å²) in [5.41, 5.74) is 4.16. The molecule has 1 aromatic heterocycles. The predicted octanol–water partition coefficient (Wildman–Crippen LogP) is 0.00984. The highest BCUT2D eigenvalue weighted by Gasteiger charge is 2.13. The van der Waals surface area contributed by atoms with Gasteiger partial charge in [-0.1, -0.05) is 0 Å². The molecule has 1 heterocycles. The Morgan fingerprint density at radius 1 is 1.07 bits per heavy atom. The minimum atomic E-state index is 0. The molecule has 0 saturated heterocycles. The Labute approximate surface area is 103 Å². The van der Waals surface area contributed by atoms with Crippen molar-refractivity contribution in [3.63, 3.8) is 0 Å². The summed E-state index contributed by atoms with van der Waals surface area (Å²) in [7, 11) is 0. The van der Waals surface area contributed by atoms with Gasteiger partial charge in [-0.2, -0.15) is 4.57 Å². The average Bonchev–Trinajstić information content (AvgIpc) is 2.18. The lowest BCUT2D eigenvalue weighted by Gasteiger charge is -2.08. The van der Waals surface area contributed by atoms with E-state index in [1.807, 2.05) is 0 Å². The number of aromatic nitrogens is 1. The van der Waals surface area contributed by atoms with Crippen molar-refractivity contribution in [3.8, 4) is 0 Å². The molecule has 1 aliphatic carbocycles. The van der Waals surface area contributed by atoms with E-state index in [0.717, 1.165) is 0 Å². The van der Waals surface area contributed by atoms with Gasteiger partial charge in [0.2, 0.25) is 0 Å². The van der Waals surface area contributed by atoms with Crippen LogP contribution in [0.3, 0.4) is 0 Å². The van der Waals surface area contributed by atoms with Crippen LogP contribution in [0, 0.1) is 13.8 Å². The lowest BCUT2D eigenvalue weighted by atomic mass is 10.0. The van der Waals surface area contributed by atoms with Crippen molar-refractivity contribution in [3.05, 3.63) is 35.7 Å². The van der Waals surface area contributed by atoms with Crippen LogP contribution in [-0.4, -0.2) is 0 Å². The Morgan fingerprint density at radius 2 is 1.73 bits per heavy atom. The van der Waals surface area contributed by atoms with Crippen LogP contribution in [0.4, 0.5) is 0 Å². The molecule has 0 fully saturated rings. The van der Waals surface area contributed by atoms with Gasteiger partial charge < -0.3 is 17.0 Å². The van der Waals surface area contributed by atoms with E-state index >= 15 is 0 Å². The molecule has 0 atom stereocenters. The highest BCUT2D eigenvalue weighted by atomic mass is 79.9. The van der Waals surface area contributed by atoms with Gasteiger partial charge in [0, 0.05) is 17.5 Å². The molecule has 0 N–H and O–H groups in total. The van der Waals surface area contributed by atoms with Gasteiger partial charge in [-0.3, -0.25) is 0 Å². The zero-order valence-corrected chi connectivity index (χ0v) is 11.0. The summed E-state index contributed by atoms with van der Waals surface area (Å²) in [5, 5.41) is 0. The van der Waals surface area contributed by atoms with Crippen molar-refractivity contribution in [1.82, 2.24) is 0 Å². The summed E-state index contributed by atoms with van der Waals surface area (Å²) in [6, 6.07) is 2.22. The van der Waals surface area contributed by atoms with Crippen molar-refractivity contribution in [1.29, 1.82) is 0 Å². The zero-order valence-electron chi connectivity index (χ0n) is 9.46. The Morgan fingerprint density at radius 3 is 2.27 bits per heavy atom. The van der Waals surface area contributed by atoms with Crippen LogP contribution in [0.25, 0.3) is 5.70 Å². The molecule has 0 radical (unpaired) electrons. The molecule has 0 spiro atoms. The maximum atomic E-state index is 2.38. The van der Waals surface area contributed by atoms with Crippen LogP contribution in [-0.2, 0) is 0 Å². The smallest absolute Gasteiger partial charge is 0.182 e. The van der Waals surface area contributed by atoms with E-state index in [9.17, 15) is 0 Å². The van der Waals surface area contributed by atoms with Crippen molar-refractivity contribution < 1.29 is 21.5 Å². The standard InChI is InChI=1S/C13H18N.BrH/c1-11-8-12(2)10-14(9-11)13-6-4-3-5-7-13;/h6,8-10H,3-5,7H2,1-2H3;1H/q+1;/p-1. The lowest BCUT2D eigenvalue weighted by Crippen LogP contribution is -3.00. The first-order chi connectivity index (χ1) is 6.75. The molecular weight excluding hydrogens is 250 g/mol. The fraction of sp³-hybridized carbons (Fsp3) is 0.462. The van der Waals surface area contributed by atoms with Crippen LogP contribution in [0.1, 0.15) is 36.8 Å². The second-order valence-corrected chi connectivity index (χ2v) is 4.24. The van der Waals surface area contributed by atoms with Crippen molar-refractivity contribution in [2.45, 2.75) is 39.5 Å². The van der Waals surface area contributed by atoms with E-state index in [-0.39, 0.29) is 17.0 Å². The Kier molecular flexibility index (Phi) is 4.52. The number of pyridine rings is 1. The predicted molar refractivity (Wildman–Crippen MR) is 58.9 cm³/mol. The van der Waals surface area contributed by atoms with E-state index in [2.05, 4.69) is 43.0 Å². The van der Waals surface area contributed by atoms with Crippen molar-refractivity contribution in [2.75, 3.05) is 0 Å². The molecule has 82 valence electrons. The second kappa shape index (κ2) is 5.45. The minimum Gasteiger partial charge on any atom is -1.00 e. The number of hydrogen-bond donors (Lipinski definition) is 0. The molecule has 2 heteroatoms. The third-order valence-electron chi connectivity index (χ3n) is 2.74. The third-order valence-corrected chi connectivity index (χ3v) is 2.74. The molecule has 0 aliphatic heterocycles. The van der Waals surface area contributed by atoms with E-state index in [0.29, 0.717) is 0 Å². The van der Waals surface area contributed by atoms with Crippen molar-refractivity contribution >= 4 is 5.70 Å². The number of aryl methyl sites for hydroxylation is 2. The van der Waals surface area contributed by atoms with Gasteiger partial charge in [0.1, 0.15) is 0 Å². The van der Waals surface area contributed by atoms with E-state index in [1.165, 1.54) is 42.5 Å². The first-order valence-corrected chi connectivity index (χ1v) is 5.45. The summed E-state index contributed by atoms with van der Waals surface area (Å²) >= 11 is 0. The van der Waals surface area contributed by atoms with Crippen LogP contribution >= 0.6 is 0 Å². The summed E-state index contributed by atoms with van der Waals surface area (Å²) in [4.78, 5) is 0. The number of hydrogen-bond acceptors (Lipinski definition) is 0. The lowest BCUT2D eigenvalue weighted by molar-refractivity contribution is -0.584. The van der Waals surface area contributed by atoms with Gasteiger partial charge in [-0.05, 0) is 45.3 Å². The Hall–Kier alpha value is -0.630. The van der Waals surface area contributed by atoms with Gasteiger partial charge in [0.05, 0.1) is 0 Å². The number of nitrogens with zero attached hydrogens (tertiary/aromatic N) is 1. The molecule has 15 heavy (non-hydrogen) atoms. The highest BCUT2D eigenvalue weighted by Crippen LogP contribution is 2.17. The largest absolute Gasteiger partial charge is 1.00 e. The van der Waals surface area contributed by atoms with E-state index in [4.69, 9.17) is 0 Å². The Bertz CT molecular complexity index is 349. The number of allylic oxidation sites excluding steroid dienone is 2. The SMILES string of the molecule is Cc1cc(C)c[n+](C2=CCCCC2)c1.[Br-]. The van der Waals surface area contributed by atoms with Crippen molar-refractivity contribution in [2.24, 2.45) is 0 Å². The highest BCUT2D eigenvalue weighted by molar-refractivity contribution is 5.34. The third kappa shape index (κ3) is 3.16. The topological polar surface area (TPSA) is 3.88 Å². The normalized spacial score (nSPS) is 15.5. The Balaban J connectivity index is 0.00000112. The monoisotopic (exact) mass is 267 g/mol. The zero-order chi connectivity index (χ0) is 9.97. The van der Waals surface area contributed by atoms with Gasteiger partial charge in [-0.25, -0.2) is 0 Å². The van der Waals surface area contributed by atoms with Gasteiger partial charge in [0.15, 0.2) is 18.1 Å². The van der Waals surface area contributed by atoms with E-state index < -0.39 is 0 Å². The molecular formula is C13H18BrN.